The Labute approximate surface area is 198 Å². The van der Waals surface area contributed by atoms with E-state index in [1.807, 2.05) is 31.2 Å². The van der Waals surface area contributed by atoms with E-state index in [9.17, 15) is 14.4 Å². The molecule has 1 N–H and O–H groups in total. The number of likely N-dealkylation sites (tertiary alicyclic amines) is 1. The Morgan fingerprint density at radius 2 is 1.76 bits per heavy atom. The molecule has 1 saturated heterocycles. The van der Waals surface area contributed by atoms with Crippen molar-refractivity contribution in [2.45, 2.75) is 38.0 Å². The number of carbonyl (C=O) groups excluding carboxylic acids is 3. The first-order valence-corrected chi connectivity index (χ1v) is 12.0. The Bertz CT molecular complexity index is 1060. The molecule has 2 aromatic carbocycles. The number of carbonyl (C=O) groups is 3. The van der Waals surface area contributed by atoms with Gasteiger partial charge in [-0.1, -0.05) is 41.6 Å². The molecule has 0 saturated carbocycles. The van der Waals surface area contributed by atoms with Gasteiger partial charge < -0.3 is 15.1 Å². The van der Waals surface area contributed by atoms with Crippen LogP contribution in [0, 0.1) is 6.92 Å². The van der Waals surface area contributed by atoms with Gasteiger partial charge in [-0.15, -0.1) is 0 Å². The van der Waals surface area contributed by atoms with Gasteiger partial charge in [-0.3, -0.25) is 14.4 Å². The maximum atomic E-state index is 12.7. The molecule has 0 radical (unpaired) electrons. The molecule has 0 aromatic heterocycles. The normalized spacial score (nSPS) is 17.8. The Morgan fingerprint density at radius 1 is 1.09 bits per heavy atom. The fourth-order valence-corrected chi connectivity index (χ4v) is 5.01. The number of hydrogen-bond donors (Lipinski definition) is 1. The van der Waals surface area contributed by atoms with Crippen LogP contribution in [0.3, 0.4) is 0 Å². The molecule has 3 amide bonds. The summed E-state index contributed by atoms with van der Waals surface area (Å²) in [5.41, 5.74) is 3.39. The van der Waals surface area contributed by atoms with Crippen LogP contribution in [0.5, 0.6) is 0 Å². The van der Waals surface area contributed by atoms with E-state index in [-0.39, 0.29) is 24.1 Å². The maximum absolute atomic E-state index is 12.7. The smallest absolute Gasteiger partial charge is 0.262 e. The monoisotopic (exact) mass is 464 g/mol. The summed E-state index contributed by atoms with van der Waals surface area (Å²) in [6.45, 7) is 4.39. The molecular formula is C25H28N4O3S. The second-order valence-corrected chi connectivity index (χ2v) is 9.68. The highest BCUT2D eigenvalue weighted by atomic mass is 32.2. The molecule has 2 aliphatic rings. The van der Waals surface area contributed by atoms with Crippen LogP contribution in [-0.4, -0.2) is 58.1 Å². The summed E-state index contributed by atoms with van der Waals surface area (Å²) < 4.78 is 0. The molecule has 2 heterocycles. The Kier molecular flexibility index (Phi) is 7.13. The lowest BCUT2D eigenvalue weighted by Gasteiger charge is -2.18. The van der Waals surface area contributed by atoms with Crippen molar-refractivity contribution >= 4 is 40.3 Å². The highest BCUT2D eigenvalue weighted by Gasteiger charge is 2.33. The molecule has 2 aromatic rings. The predicted molar refractivity (Wildman–Crippen MR) is 131 cm³/mol. The third-order valence-corrected chi connectivity index (χ3v) is 6.99. The molecule has 1 atom stereocenters. The molecule has 1 unspecified atom stereocenters. The van der Waals surface area contributed by atoms with Gasteiger partial charge in [-0.25, -0.2) is 0 Å². The average molecular weight is 465 g/mol. The van der Waals surface area contributed by atoms with E-state index in [4.69, 9.17) is 0 Å². The van der Waals surface area contributed by atoms with Crippen LogP contribution in [0.4, 0.5) is 5.69 Å². The first kappa shape index (κ1) is 23.0. The maximum Gasteiger partial charge on any atom is 0.262 e. The van der Waals surface area contributed by atoms with Crippen molar-refractivity contribution in [2.24, 2.45) is 4.99 Å². The summed E-state index contributed by atoms with van der Waals surface area (Å²) in [5, 5.41) is 3.09. The largest absolute Gasteiger partial charge is 0.351 e. The topological polar surface area (TPSA) is 82.1 Å². The molecule has 2 aliphatic heterocycles. The minimum atomic E-state index is -0.475. The molecule has 7 nitrogen and oxygen atoms in total. The summed E-state index contributed by atoms with van der Waals surface area (Å²) in [5.74, 6) is -0.572. The van der Waals surface area contributed by atoms with Gasteiger partial charge in [0.05, 0.1) is 0 Å². The predicted octanol–water partition coefficient (Wildman–Crippen LogP) is 3.69. The standard InChI is InChI=1S/C25H28N4O3S/c1-17-5-7-18(8-6-17)16-28(2)24(32)19-9-11-20(12-10-19)26-22(30)15-21-23(31)27-25(33-21)29-13-3-4-14-29/h5-12,21H,3-4,13-16H2,1-2H3,(H,26,30). The van der Waals surface area contributed by atoms with Crippen molar-refractivity contribution < 1.29 is 14.4 Å². The lowest BCUT2D eigenvalue weighted by atomic mass is 10.1. The number of thioether (sulfide) groups is 1. The van der Waals surface area contributed by atoms with Crippen molar-refractivity contribution in [3.8, 4) is 0 Å². The SMILES string of the molecule is Cc1ccc(CN(C)C(=O)c2ccc(NC(=O)CC3SC(N4CCCC4)=NC3=O)cc2)cc1. The summed E-state index contributed by atoms with van der Waals surface area (Å²) >= 11 is 1.38. The van der Waals surface area contributed by atoms with Crippen LogP contribution in [0.25, 0.3) is 0 Å². The van der Waals surface area contributed by atoms with Crippen LogP contribution in [0.2, 0.25) is 0 Å². The van der Waals surface area contributed by atoms with E-state index in [1.165, 1.54) is 17.3 Å². The third kappa shape index (κ3) is 5.82. The van der Waals surface area contributed by atoms with Crippen molar-refractivity contribution in [2.75, 3.05) is 25.5 Å². The van der Waals surface area contributed by atoms with E-state index in [1.54, 1.807) is 36.2 Å². The number of benzene rings is 2. The number of anilines is 1. The number of nitrogens with zero attached hydrogens (tertiary/aromatic N) is 3. The highest BCUT2D eigenvalue weighted by Crippen LogP contribution is 2.29. The van der Waals surface area contributed by atoms with Crippen LogP contribution in [-0.2, 0) is 16.1 Å². The molecule has 0 bridgehead atoms. The number of hydrogen-bond acceptors (Lipinski definition) is 5. The summed E-state index contributed by atoms with van der Waals surface area (Å²) in [6, 6.07) is 14.9. The molecule has 172 valence electrons. The fourth-order valence-electron chi connectivity index (χ4n) is 3.89. The molecule has 4 rings (SSSR count). The summed E-state index contributed by atoms with van der Waals surface area (Å²) in [4.78, 5) is 45.3. The van der Waals surface area contributed by atoms with Gasteiger partial charge in [0.2, 0.25) is 5.91 Å². The molecule has 0 spiro atoms. The minimum absolute atomic E-state index is 0.0737. The second-order valence-electron chi connectivity index (χ2n) is 8.51. The van der Waals surface area contributed by atoms with Crippen LogP contribution >= 0.6 is 11.8 Å². The van der Waals surface area contributed by atoms with Crippen LogP contribution in [0.1, 0.15) is 40.7 Å². The quantitative estimate of drug-likeness (QED) is 0.705. The Morgan fingerprint density at radius 3 is 2.42 bits per heavy atom. The zero-order chi connectivity index (χ0) is 23.4. The first-order valence-electron chi connectivity index (χ1n) is 11.1. The number of amidine groups is 1. The zero-order valence-corrected chi connectivity index (χ0v) is 19.7. The number of amides is 3. The number of nitrogens with one attached hydrogen (secondary N) is 1. The van der Waals surface area contributed by atoms with E-state index in [0.717, 1.165) is 36.7 Å². The molecule has 33 heavy (non-hydrogen) atoms. The van der Waals surface area contributed by atoms with Gasteiger partial charge in [0, 0.05) is 44.4 Å². The molecular weight excluding hydrogens is 436 g/mol. The number of aliphatic imine (C=N–C) groups is 1. The van der Waals surface area contributed by atoms with Crippen molar-refractivity contribution in [1.29, 1.82) is 0 Å². The van der Waals surface area contributed by atoms with Gasteiger partial charge in [-0.2, -0.15) is 4.99 Å². The van der Waals surface area contributed by atoms with Gasteiger partial charge in [0.15, 0.2) is 5.17 Å². The lowest BCUT2D eigenvalue weighted by molar-refractivity contribution is -0.121. The Balaban J connectivity index is 1.28. The molecule has 8 heteroatoms. The second kappa shape index (κ2) is 10.2. The average Bonchev–Trinajstić information content (AvgIpc) is 3.46. The van der Waals surface area contributed by atoms with Crippen molar-refractivity contribution in [3.63, 3.8) is 0 Å². The number of aryl methyl sites for hydroxylation is 1. The van der Waals surface area contributed by atoms with E-state index < -0.39 is 5.25 Å². The highest BCUT2D eigenvalue weighted by molar-refractivity contribution is 8.15. The molecule has 1 fully saturated rings. The van der Waals surface area contributed by atoms with E-state index in [0.29, 0.717) is 17.8 Å². The van der Waals surface area contributed by atoms with Crippen molar-refractivity contribution in [3.05, 3.63) is 65.2 Å². The van der Waals surface area contributed by atoms with Gasteiger partial charge >= 0.3 is 0 Å². The minimum Gasteiger partial charge on any atom is -0.351 e. The van der Waals surface area contributed by atoms with E-state index in [2.05, 4.69) is 15.2 Å². The lowest BCUT2D eigenvalue weighted by Crippen LogP contribution is -2.26. The summed E-state index contributed by atoms with van der Waals surface area (Å²) in [7, 11) is 1.77. The van der Waals surface area contributed by atoms with Crippen LogP contribution < -0.4 is 5.32 Å². The van der Waals surface area contributed by atoms with Gasteiger partial charge in [-0.05, 0) is 49.6 Å². The summed E-state index contributed by atoms with van der Waals surface area (Å²) in [6.07, 6.45) is 2.29. The van der Waals surface area contributed by atoms with Gasteiger partial charge in [0.1, 0.15) is 5.25 Å². The van der Waals surface area contributed by atoms with Crippen LogP contribution in [0.15, 0.2) is 53.5 Å². The van der Waals surface area contributed by atoms with Gasteiger partial charge in [0.25, 0.3) is 11.8 Å². The number of rotatable bonds is 6. The first-order chi connectivity index (χ1) is 15.9. The van der Waals surface area contributed by atoms with Crippen molar-refractivity contribution in [1.82, 2.24) is 9.80 Å². The zero-order valence-electron chi connectivity index (χ0n) is 18.9. The Hall–Kier alpha value is -3.13. The third-order valence-electron chi connectivity index (χ3n) is 5.78. The fraction of sp³-hybridized carbons (Fsp3) is 0.360. The van der Waals surface area contributed by atoms with E-state index >= 15 is 0 Å². The molecule has 0 aliphatic carbocycles.